The number of fused-ring (bicyclic) bond motifs is 3. The molecule has 0 saturated heterocycles. The lowest BCUT2D eigenvalue weighted by molar-refractivity contribution is 0.249. The maximum Gasteiger partial charge on any atom is 0.368 e. The second-order valence-corrected chi connectivity index (χ2v) is 9.26. The van der Waals surface area contributed by atoms with Gasteiger partial charge in [-0.1, -0.05) is 86.6 Å². The molecule has 1 aliphatic heterocycles. The molecule has 0 aromatic heterocycles. The first kappa shape index (κ1) is 22.1. The quantitative estimate of drug-likeness (QED) is 0.337. The predicted molar refractivity (Wildman–Crippen MR) is 146 cm³/mol. The van der Waals surface area contributed by atoms with Crippen LogP contribution in [0.4, 0.5) is 16.2 Å². The van der Waals surface area contributed by atoms with E-state index in [1.54, 1.807) is 5.01 Å². The van der Waals surface area contributed by atoms with E-state index in [1.807, 2.05) is 60.7 Å². The summed E-state index contributed by atoms with van der Waals surface area (Å²) in [6, 6.07) is 34.2. The van der Waals surface area contributed by atoms with Crippen LogP contribution >= 0.6 is 0 Å². The van der Waals surface area contributed by atoms with Crippen LogP contribution in [-0.2, 0) is 5.41 Å². The molecule has 1 heterocycles. The van der Waals surface area contributed by atoms with Crippen molar-refractivity contribution < 1.29 is 4.79 Å². The molecule has 6 rings (SSSR count). The van der Waals surface area contributed by atoms with Crippen LogP contribution in [0.5, 0.6) is 0 Å². The van der Waals surface area contributed by atoms with Gasteiger partial charge in [0, 0.05) is 11.0 Å². The number of hydrogen-bond acceptors (Lipinski definition) is 3. The molecule has 0 fully saturated rings. The van der Waals surface area contributed by atoms with Gasteiger partial charge in [-0.05, 0) is 65.4 Å². The number of carbonyl (C=O) groups is 1. The van der Waals surface area contributed by atoms with E-state index in [2.05, 4.69) is 61.7 Å². The molecular formula is C31H28N4O. The largest absolute Gasteiger partial charge is 0.368 e. The van der Waals surface area contributed by atoms with Crippen molar-refractivity contribution in [2.45, 2.75) is 32.1 Å². The van der Waals surface area contributed by atoms with Gasteiger partial charge < -0.3 is 0 Å². The Labute approximate surface area is 211 Å². The Bertz CT molecular complexity index is 1460. The lowest BCUT2D eigenvalue weighted by Crippen LogP contribution is -2.56. The Balaban J connectivity index is 1.49. The van der Waals surface area contributed by atoms with Gasteiger partial charge in [-0.25, -0.2) is 9.80 Å². The van der Waals surface area contributed by atoms with Gasteiger partial charge in [0.1, 0.15) is 0 Å². The summed E-state index contributed by atoms with van der Waals surface area (Å²) in [7, 11) is 0. The lowest BCUT2D eigenvalue weighted by Gasteiger charge is -2.34. The number of rotatable bonds is 5. The molecule has 5 nitrogen and oxygen atoms in total. The summed E-state index contributed by atoms with van der Waals surface area (Å²) in [5, 5.41) is 7.80. The third-order valence-electron chi connectivity index (χ3n) is 7.55. The number of hydrogen-bond donors (Lipinski definition) is 1. The molecule has 0 bridgehead atoms. The fraction of sp³-hybridized carbons (Fsp3) is 0.161. The van der Waals surface area contributed by atoms with E-state index in [0.717, 1.165) is 24.1 Å². The first-order valence-electron chi connectivity index (χ1n) is 12.5. The van der Waals surface area contributed by atoms with E-state index in [4.69, 9.17) is 5.10 Å². The number of para-hydroxylation sites is 2. The Morgan fingerprint density at radius 3 is 2.03 bits per heavy atom. The molecule has 178 valence electrons. The van der Waals surface area contributed by atoms with Crippen molar-refractivity contribution in [1.82, 2.24) is 5.43 Å². The zero-order chi connectivity index (χ0) is 24.7. The second kappa shape index (κ2) is 8.68. The third-order valence-corrected chi connectivity index (χ3v) is 7.55. The molecule has 1 aliphatic carbocycles. The highest BCUT2D eigenvalue weighted by Crippen LogP contribution is 2.52. The summed E-state index contributed by atoms with van der Waals surface area (Å²) < 4.78 is 0. The maximum absolute atomic E-state index is 13.5. The van der Waals surface area contributed by atoms with Crippen molar-refractivity contribution in [2.75, 3.05) is 10.0 Å². The van der Waals surface area contributed by atoms with Gasteiger partial charge in [-0.3, -0.25) is 5.43 Å². The van der Waals surface area contributed by atoms with Gasteiger partial charge >= 0.3 is 6.03 Å². The number of nitrogens with zero attached hydrogens (tertiary/aromatic N) is 3. The number of benzene rings is 4. The minimum absolute atomic E-state index is 0.0222. The number of hydrazone groups is 1. The van der Waals surface area contributed by atoms with Gasteiger partial charge in [0.25, 0.3) is 0 Å². The molecule has 0 spiro atoms. The van der Waals surface area contributed by atoms with E-state index < -0.39 is 0 Å². The fourth-order valence-electron chi connectivity index (χ4n) is 5.65. The Hall–Kier alpha value is -4.38. The molecule has 0 atom stereocenters. The maximum atomic E-state index is 13.5. The summed E-state index contributed by atoms with van der Waals surface area (Å²) in [6.45, 7) is 4.55. The first-order chi connectivity index (χ1) is 17.7. The normalized spacial score (nSPS) is 15.7. The van der Waals surface area contributed by atoms with Gasteiger partial charge in [-0.2, -0.15) is 5.01 Å². The molecule has 0 radical (unpaired) electrons. The number of amidine groups is 1. The first-order valence-corrected chi connectivity index (χ1v) is 12.5. The predicted octanol–water partition coefficient (Wildman–Crippen LogP) is 7.09. The number of nitrogens with one attached hydrogen (secondary N) is 1. The third kappa shape index (κ3) is 3.31. The van der Waals surface area contributed by atoms with Crippen LogP contribution in [0, 0.1) is 0 Å². The summed E-state index contributed by atoms with van der Waals surface area (Å²) in [5.74, 6) is 0.619. The second-order valence-electron chi connectivity index (χ2n) is 9.26. The standard InChI is InChI=1S/C31H28N4O/c1-3-31(4-2)27-18-12-11-17-25(27)26-21-22(19-20-28(26)31)29-32-34(23-13-7-5-8-14-23)30(36)35(33-29)24-15-9-6-10-16-24/h5-21H,3-4H2,1-2H3,(H,32,33). The monoisotopic (exact) mass is 472 g/mol. The van der Waals surface area contributed by atoms with Crippen LogP contribution in [0.3, 0.4) is 0 Å². The Morgan fingerprint density at radius 2 is 1.33 bits per heavy atom. The van der Waals surface area contributed by atoms with Gasteiger partial charge in [0.05, 0.1) is 11.4 Å². The lowest BCUT2D eigenvalue weighted by atomic mass is 9.74. The van der Waals surface area contributed by atoms with Gasteiger partial charge in [0.15, 0.2) is 5.84 Å². The molecule has 4 aromatic rings. The summed E-state index contributed by atoms with van der Waals surface area (Å²) in [4.78, 5) is 13.5. The molecular weight excluding hydrogens is 444 g/mol. The van der Waals surface area contributed by atoms with E-state index in [-0.39, 0.29) is 11.4 Å². The van der Waals surface area contributed by atoms with Gasteiger partial charge in [0.2, 0.25) is 0 Å². The summed E-state index contributed by atoms with van der Waals surface area (Å²) in [5.41, 5.74) is 11.0. The van der Waals surface area contributed by atoms with Gasteiger partial charge in [-0.15, -0.1) is 5.10 Å². The smallest absolute Gasteiger partial charge is 0.271 e. The van der Waals surface area contributed by atoms with Crippen molar-refractivity contribution in [3.05, 3.63) is 120 Å². The SMILES string of the molecule is CCC1(CC)c2ccccc2-c2cc(C3=NN(c4ccccc4)C(=O)N(c4ccccc4)N3)ccc21. The van der Waals surface area contributed by atoms with E-state index in [9.17, 15) is 4.79 Å². The van der Waals surface area contributed by atoms with Crippen molar-refractivity contribution in [1.29, 1.82) is 0 Å². The number of amides is 2. The Morgan fingerprint density at radius 1 is 0.722 bits per heavy atom. The van der Waals surface area contributed by atoms with E-state index >= 15 is 0 Å². The zero-order valence-electron chi connectivity index (χ0n) is 20.5. The van der Waals surface area contributed by atoms with Crippen LogP contribution in [0.1, 0.15) is 43.4 Å². The zero-order valence-corrected chi connectivity index (χ0v) is 20.5. The molecule has 0 saturated carbocycles. The average molecular weight is 473 g/mol. The molecule has 2 aliphatic rings. The van der Waals surface area contributed by atoms with Crippen molar-refractivity contribution in [2.24, 2.45) is 5.10 Å². The van der Waals surface area contributed by atoms with E-state index in [0.29, 0.717) is 11.5 Å². The minimum atomic E-state index is -0.265. The molecule has 4 aromatic carbocycles. The Kier molecular flexibility index (Phi) is 5.33. The topological polar surface area (TPSA) is 47.9 Å². The van der Waals surface area contributed by atoms with Crippen molar-refractivity contribution >= 4 is 23.2 Å². The summed E-state index contributed by atoms with van der Waals surface area (Å²) >= 11 is 0. The number of urea groups is 1. The van der Waals surface area contributed by atoms with Crippen molar-refractivity contribution in [3.8, 4) is 11.1 Å². The van der Waals surface area contributed by atoms with E-state index in [1.165, 1.54) is 27.3 Å². The van der Waals surface area contributed by atoms with Crippen LogP contribution in [0.15, 0.2) is 108 Å². The van der Waals surface area contributed by atoms with Crippen LogP contribution in [0.2, 0.25) is 0 Å². The number of carbonyl (C=O) groups excluding carboxylic acids is 1. The van der Waals surface area contributed by atoms with Crippen molar-refractivity contribution in [3.63, 3.8) is 0 Å². The average Bonchev–Trinajstić information content (AvgIpc) is 3.23. The minimum Gasteiger partial charge on any atom is -0.271 e. The van der Waals surface area contributed by atoms with Crippen LogP contribution in [-0.4, -0.2) is 11.9 Å². The molecule has 36 heavy (non-hydrogen) atoms. The molecule has 5 heteroatoms. The number of hydrazine groups is 1. The number of anilines is 2. The van der Waals surface area contributed by atoms with Crippen LogP contribution < -0.4 is 15.4 Å². The molecule has 0 unspecified atom stereocenters. The van der Waals surface area contributed by atoms with Crippen LogP contribution in [0.25, 0.3) is 11.1 Å². The fourth-order valence-corrected chi connectivity index (χ4v) is 5.65. The highest BCUT2D eigenvalue weighted by Gasteiger charge is 2.40. The molecule has 1 N–H and O–H groups in total. The summed E-state index contributed by atoms with van der Waals surface area (Å²) in [6.07, 6.45) is 2.09. The highest BCUT2D eigenvalue weighted by molar-refractivity contribution is 6.13. The highest BCUT2D eigenvalue weighted by atomic mass is 16.2. The molecule has 2 amide bonds.